The molecule has 8 atom stereocenters. The third-order valence-corrected chi connectivity index (χ3v) is 11.7. The second-order valence-corrected chi connectivity index (χ2v) is 15.4. The quantitative estimate of drug-likeness (QED) is 0.209. The van der Waals surface area contributed by atoms with E-state index in [1.807, 2.05) is 97.1 Å². The highest BCUT2D eigenvalue weighted by Crippen LogP contribution is 2.59. The van der Waals surface area contributed by atoms with E-state index in [0.717, 1.165) is 5.56 Å². The third-order valence-electron chi connectivity index (χ3n) is 11.1. The number of nitrogens with zero attached hydrogens (tertiary/aromatic N) is 5. The van der Waals surface area contributed by atoms with Gasteiger partial charge < -0.3 is 29.7 Å². The number of hydrogen-bond donors (Lipinski definition) is 2. The monoisotopic (exact) mass is 808 g/mol. The molecule has 14 heteroatoms. The van der Waals surface area contributed by atoms with Crippen molar-refractivity contribution in [2.24, 2.45) is 11.8 Å². The zero-order chi connectivity index (χ0) is 38.3. The van der Waals surface area contributed by atoms with Crippen LogP contribution in [0.1, 0.15) is 37.0 Å². The molecule has 5 heterocycles. The molecule has 2 saturated heterocycles. The summed E-state index contributed by atoms with van der Waals surface area (Å²) in [6.07, 6.45) is 4.41. The van der Waals surface area contributed by atoms with Crippen molar-refractivity contribution in [3.05, 3.63) is 119 Å². The van der Waals surface area contributed by atoms with Gasteiger partial charge in [-0.25, -0.2) is 4.68 Å². The van der Waals surface area contributed by atoms with Crippen LogP contribution in [0.4, 0.5) is 0 Å². The SMILES string of the molecule is C[C@@H]1NC(=O)CC/C=C\CN(Cn2nnc3ccccc32)C(=O)[C@H]2N([C@@H](CO)Cc3ccccc3)C(=O)[C@@H]3[C@@H](C(=O)O[C@H]1c1ccccc1)[C@@H]1O[C@@]32C=C1Br. The van der Waals surface area contributed by atoms with E-state index in [-0.39, 0.29) is 32.0 Å². The molecule has 0 unspecified atom stereocenters. The van der Waals surface area contributed by atoms with Gasteiger partial charge in [-0.15, -0.1) is 5.10 Å². The fraction of sp³-hybridized carbons (Fsp3) is 0.366. The molecule has 2 N–H and O–H groups in total. The molecule has 0 radical (unpaired) electrons. The summed E-state index contributed by atoms with van der Waals surface area (Å²) in [5.41, 5.74) is 1.31. The Bertz CT molecular complexity index is 2160. The maximum absolute atomic E-state index is 15.4. The van der Waals surface area contributed by atoms with E-state index in [1.165, 1.54) is 4.90 Å². The van der Waals surface area contributed by atoms with Crippen LogP contribution in [0.25, 0.3) is 11.0 Å². The van der Waals surface area contributed by atoms with E-state index < -0.39 is 72.2 Å². The minimum absolute atomic E-state index is 0.0258. The summed E-state index contributed by atoms with van der Waals surface area (Å²) in [5, 5.41) is 22.6. The number of amides is 3. The van der Waals surface area contributed by atoms with Crippen LogP contribution in [0, 0.1) is 11.8 Å². The molecule has 13 nitrogen and oxygen atoms in total. The van der Waals surface area contributed by atoms with Crippen molar-refractivity contribution in [1.82, 2.24) is 30.1 Å². The van der Waals surface area contributed by atoms with Gasteiger partial charge in [0.1, 0.15) is 42.0 Å². The number of carbonyl (C=O) groups is 4. The van der Waals surface area contributed by atoms with Crippen molar-refractivity contribution < 1.29 is 33.8 Å². The number of aliphatic hydroxyl groups excluding tert-OH is 1. The zero-order valence-electron chi connectivity index (χ0n) is 30.1. The molecular weight excluding hydrogens is 768 g/mol. The van der Waals surface area contributed by atoms with E-state index in [9.17, 15) is 14.7 Å². The van der Waals surface area contributed by atoms with Crippen molar-refractivity contribution in [3.8, 4) is 0 Å². The van der Waals surface area contributed by atoms with E-state index in [2.05, 4.69) is 31.6 Å². The average Bonchev–Trinajstić information content (AvgIpc) is 3.92. The number of benzene rings is 3. The second kappa shape index (κ2) is 15.2. The number of likely N-dealkylation sites (tertiary alicyclic amines) is 1. The minimum atomic E-state index is -1.58. The van der Waals surface area contributed by atoms with Gasteiger partial charge in [0, 0.05) is 17.4 Å². The molecule has 8 rings (SSSR count). The van der Waals surface area contributed by atoms with Gasteiger partial charge in [0.05, 0.1) is 30.1 Å². The van der Waals surface area contributed by atoms with Gasteiger partial charge in [-0.3, -0.25) is 19.2 Å². The number of halogens is 1. The van der Waals surface area contributed by atoms with Crippen molar-refractivity contribution in [3.63, 3.8) is 0 Å². The van der Waals surface area contributed by atoms with Gasteiger partial charge in [0.15, 0.2) is 0 Å². The van der Waals surface area contributed by atoms with E-state index in [4.69, 9.17) is 9.47 Å². The molecular formula is C41H41BrN6O7. The number of allylic oxidation sites excluding steroid dienone is 1. The minimum Gasteiger partial charge on any atom is -0.455 e. The zero-order valence-corrected chi connectivity index (χ0v) is 31.7. The molecule has 5 bridgehead atoms. The smallest absolute Gasteiger partial charge is 0.313 e. The topological polar surface area (TPSA) is 156 Å². The van der Waals surface area contributed by atoms with Crippen molar-refractivity contribution in [2.45, 2.75) is 68.8 Å². The first-order valence-electron chi connectivity index (χ1n) is 18.5. The predicted octanol–water partition coefficient (Wildman–Crippen LogP) is 3.83. The van der Waals surface area contributed by atoms with Gasteiger partial charge in [0.25, 0.3) is 5.91 Å². The molecule has 4 aliphatic rings. The van der Waals surface area contributed by atoms with Crippen LogP contribution in [-0.4, -0.2) is 96.6 Å². The second-order valence-electron chi connectivity index (χ2n) is 14.5. The molecule has 3 amide bonds. The molecule has 55 heavy (non-hydrogen) atoms. The Morgan fingerprint density at radius 2 is 1.67 bits per heavy atom. The summed E-state index contributed by atoms with van der Waals surface area (Å²) < 4.78 is 15.2. The van der Waals surface area contributed by atoms with Crippen LogP contribution in [0.15, 0.2) is 108 Å². The summed E-state index contributed by atoms with van der Waals surface area (Å²) in [6, 6.07) is 23.2. The standard InChI is InChI=1S/C41H41BrN6O7/c1-25-35(27-15-7-3-8-16-27)54-40(53)33-34-38(51)48(28(23-49)21-26-13-5-2-6-14-26)37(41(34)22-29(42)36(33)55-41)39(52)46(20-12-4-9-19-32(50)43-25)24-47-31-18-11-10-17-30(31)44-45-47/h2-8,10-18,22,25,28,33-37,49H,9,19-21,23-24H2,1H3,(H,43,50)/b12-4-/t25-,28+,33+,34-,35+,36+,37+,41-/m0/s1. The fourth-order valence-corrected chi connectivity index (χ4v) is 9.29. The summed E-state index contributed by atoms with van der Waals surface area (Å²) >= 11 is 3.63. The van der Waals surface area contributed by atoms with Crippen LogP contribution in [0.2, 0.25) is 0 Å². The van der Waals surface area contributed by atoms with Crippen molar-refractivity contribution in [2.75, 3.05) is 13.2 Å². The first-order chi connectivity index (χ1) is 26.7. The Balaban J connectivity index is 1.25. The largest absolute Gasteiger partial charge is 0.455 e. The number of para-hydroxylation sites is 1. The molecule has 0 aliphatic carbocycles. The number of cyclic esters (lactones) is 1. The van der Waals surface area contributed by atoms with Crippen LogP contribution >= 0.6 is 15.9 Å². The highest BCUT2D eigenvalue weighted by Gasteiger charge is 2.75. The molecule has 4 aliphatic heterocycles. The lowest BCUT2D eigenvalue weighted by molar-refractivity contribution is -0.162. The van der Waals surface area contributed by atoms with Gasteiger partial charge in [-0.1, -0.05) is 106 Å². The number of ether oxygens (including phenoxy) is 2. The van der Waals surface area contributed by atoms with Crippen LogP contribution in [0.5, 0.6) is 0 Å². The number of hydrogen-bond acceptors (Lipinski definition) is 9. The molecule has 3 aromatic carbocycles. The maximum Gasteiger partial charge on any atom is 0.313 e. The lowest BCUT2D eigenvalue weighted by Gasteiger charge is -2.38. The first-order valence-corrected chi connectivity index (χ1v) is 19.3. The normalized spacial score (nSPS) is 29.5. The molecule has 284 valence electrons. The highest BCUT2D eigenvalue weighted by atomic mass is 79.9. The lowest BCUT2D eigenvalue weighted by Crippen LogP contribution is -2.59. The number of aliphatic hydroxyl groups is 1. The Labute approximate surface area is 326 Å². The molecule has 0 saturated carbocycles. The summed E-state index contributed by atoms with van der Waals surface area (Å²) in [7, 11) is 0. The number of nitrogens with one attached hydrogen (secondary N) is 1. The predicted molar refractivity (Wildman–Crippen MR) is 204 cm³/mol. The summed E-state index contributed by atoms with van der Waals surface area (Å²) in [5.74, 6) is -4.16. The highest BCUT2D eigenvalue weighted by molar-refractivity contribution is 9.11. The van der Waals surface area contributed by atoms with Crippen molar-refractivity contribution in [1.29, 1.82) is 0 Å². The third kappa shape index (κ3) is 6.65. The Hall–Kier alpha value is -5.18. The van der Waals surface area contributed by atoms with E-state index in [0.29, 0.717) is 27.5 Å². The molecule has 1 aromatic heterocycles. The van der Waals surface area contributed by atoms with Crippen molar-refractivity contribution >= 4 is 50.7 Å². The van der Waals surface area contributed by atoms with Gasteiger partial charge >= 0.3 is 5.97 Å². The number of esters is 1. The number of aromatic nitrogens is 3. The van der Waals surface area contributed by atoms with E-state index >= 15 is 9.59 Å². The van der Waals surface area contributed by atoms with Crippen LogP contribution in [-0.2, 0) is 41.7 Å². The van der Waals surface area contributed by atoms with Gasteiger partial charge in [0.2, 0.25) is 11.8 Å². The fourth-order valence-electron chi connectivity index (χ4n) is 8.55. The number of rotatable bonds is 7. The first kappa shape index (κ1) is 36.8. The number of fused-ring (bicyclic) bond motifs is 3. The van der Waals surface area contributed by atoms with Crippen LogP contribution < -0.4 is 5.32 Å². The molecule has 1 spiro atoms. The van der Waals surface area contributed by atoms with Crippen LogP contribution in [0.3, 0.4) is 0 Å². The Kier molecular flexibility index (Phi) is 10.1. The summed E-state index contributed by atoms with van der Waals surface area (Å²) in [4.78, 5) is 61.2. The lowest BCUT2D eigenvalue weighted by atomic mass is 9.74. The summed E-state index contributed by atoms with van der Waals surface area (Å²) in [6.45, 7) is 1.40. The Morgan fingerprint density at radius 3 is 2.44 bits per heavy atom. The molecule has 2 fully saturated rings. The van der Waals surface area contributed by atoms with E-state index in [1.54, 1.807) is 22.6 Å². The molecule has 4 aromatic rings. The Morgan fingerprint density at radius 1 is 0.945 bits per heavy atom. The maximum atomic E-state index is 15.4. The van der Waals surface area contributed by atoms with Gasteiger partial charge in [-0.2, -0.15) is 0 Å². The van der Waals surface area contributed by atoms with Gasteiger partial charge in [-0.05, 0) is 49.1 Å². The number of carbonyl (C=O) groups excluding carboxylic acids is 4. The average molecular weight is 810 g/mol.